The highest BCUT2D eigenvalue weighted by molar-refractivity contribution is 7.89. The van der Waals surface area contributed by atoms with Crippen LogP contribution in [0.4, 0.5) is 0 Å². The van der Waals surface area contributed by atoms with Crippen LogP contribution in [0.5, 0.6) is 0 Å². The van der Waals surface area contributed by atoms with E-state index < -0.39 is 16.1 Å². The van der Waals surface area contributed by atoms with Crippen molar-refractivity contribution in [1.82, 2.24) is 4.72 Å². The van der Waals surface area contributed by atoms with Gasteiger partial charge in [0.15, 0.2) is 0 Å². The van der Waals surface area contributed by atoms with Gasteiger partial charge in [0.25, 0.3) is 0 Å². The summed E-state index contributed by atoms with van der Waals surface area (Å²) in [6, 6.07) is 6.69. The van der Waals surface area contributed by atoms with Gasteiger partial charge in [-0.1, -0.05) is 38.8 Å². The van der Waals surface area contributed by atoms with E-state index >= 15 is 0 Å². The van der Waals surface area contributed by atoms with E-state index in [-0.39, 0.29) is 10.9 Å². The van der Waals surface area contributed by atoms with Gasteiger partial charge in [0.05, 0.1) is 11.0 Å². The zero-order valence-corrected chi connectivity index (χ0v) is 13.6. The largest absolute Gasteiger partial charge is 0.391 e. The standard InChI is InChI=1S/C16H25NO3S/c1-3-12(2)13-8-10-14(11-9-13)21(19,20)17-15-6-4-5-7-16(15)18/h8-12,15-18H,3-7H2,1-2H3/t12?,15-,16-/m1/s1. The van der Waals surface area contributed by atoms with E-state index in [4.69, 9.17) is 0 Å². The minimum absolute atomic E-state index is 0.271. The van der Waals surface area contributed by atoms with Crippen molar-refractivity contribution in [3.05, 3.63) is 29.8 Å². The summed E-state index contributed by atoms with van der Waals surface area (Å²) in [6.45, 7) is 4.24. The van der Waals surface area contributed by atoms with Gasteiger partial charge >= 0.3 is 0 Å². The summed E-state index contributed by atoms with van der Waals surface area (Å²) >= 11 is 0. The third-order valence-corrected chi connectivity index (χ3v) is 5.91. The van der Waals surface area contributed by atoms with Crippen LogP contribution in [0.25, 0.3) is 0 Å². The third kappa shape index (κ3) is 4.05. The van der Waals surface area contributed by atoms with Crippen LogP contribution in [0.1, 0.15) is 57.4 Å². The molecule has 0 heterocycles. The Morgan fingerprint density at radius 2 is 1.86 bits per heavy atom. The van der Waals surface area contributed by atoms with Gasteiger partial charge in [-0.05, 0) is 42.9 Å². The minimum atomic E-state index is -3.55. The average molecular weight is 311 g/mol. The van der Waals surface area contributed by atoms with Crippen molar-refractivity contribution in [3.63, 3.8) is 0 Å². The summed E-state index contributed by atoms with van der Waals surface area (Å²) in [5.41, 5.74) is 1.15. The normalized spacial score (nSPS) is 24.7. The van der Waals surface area contributed by atoms with E-state index in [2.05, 4.69) is 18.6 Å². The van der Waals surface area contributed by atoms with Crippen LogP contribution in [-0.2, 0) is 10.0 Å². The molecule has 1 aromatic carbocycles. The van der Waals surface area contributed by atoms with Crippen molar-refractivity contribution in [2.45, 2.75) is 68.9 Å². The van der Waals surface area contributed by atoms with Gasteiger partial charge in [-0.2, -0.15) is 0 Å². The van der Waals surface area contributed by atoms with Crippen LogP contribution < -0.4 is 4.72 Å². The van der Waals surface area contributed by atoms with Gasteiger partial charge in [-0.3, -0.25) is 0 Å². The molecule has 1 fully saturated rings. The highest BCUT2D eigenvalue weighted by Gasteiger charge is 2.28. The van der Waals surface area contributed by atoms with Crippen molar-refractivity contribution in [2.24, 2.45) is 0 Å². The van der Waals surface area contributed by atoms with Crippen molar-refractivity contribution in [2.75, 3.05) is 0 Å². The first kappa shape index (κ1) is 16.5. The molecule has 3 atom stereocenters. The first-order valence-corrected chi connectivity index (χ1v) is 9.22. The summed E-state index contributed by atoms with van der Waals surface area (Å²) in [6.07, 6.45) is 3.73. The lowest BCUT2D eigenvalue weighted by Gasteiger charge is -2.28. The Morgan fingerprint density at radius 1 is 1.24 bits per heavy atom. The van der Waals surface area contributed by atoms with Crippen LogP contribution in [0.3, 0.4) is 0 Å². The van der Waals surface area contributed by atoms with Crippen LogP contribution in [-0.4, -0.2) is 25.7 Å². The zero-order valence-electron chi connectivity index (χ0n) is 12.7. The first-order valence-electron chi connectivity index (χ1n) is 7.74. The van der Waals surface area contributed by atoms with E-state index in [1.54, 1.807) is 12.1 Å². The van der Waals surface area contributed by atoms with E-state index in [9.17, 15) is 13.5 Å². The molecule has 0 spiro atoms. The van der Waals surface area contributed by atoms with Crippen LogP contribution in [0, 0.1) is 0 Å². The number of aliphatic hydroxyl groups excluding tert-OH is 1. The fourth-order valence-electron chi connectivity index (χ4n) is 2.73. The molecular formula is C16H25NO3S. The van der Waals surface area contributed by atoms with Crippen molar-refractivity contribution in [3.8, 4) is 0 Å². The molecule has 1 aromatic rings. The zero-order chi connectivity index (χ0) is 15.5. The fraction of sp³-hybridized carbons (Fsp3) is 0.625. The van der Waals surface area contributed by atoms with Crippen LogP contribution in [0.15, 0.2) is 29.2 Å². The number of rotatable bonds is 5. The van der Waals surface area contributed by atoms with Gasteiger partial charge in [0, 0.05) is 6.04 Å². The van der Waals surface area contributed by atoms with E-state index in [0.29, 0.717) is 18.8 Å². The lowest BCUT2D eigenvalue weighted by Crippen LogP contribution is -2.44. The second kappa shape index (κ2) is 6.90. The monoisotopic (exact) mass is 311 g/mol. The summed E-state index contributed by atoms with van der Waals surface area (Å²) in [7, 11) is -3.55. The Hall–Kier alpha value is -0.910. The molecular weight excluding hydrogens is 286 g/mol. The first-order chi connectivity index (χ1) is 9.94. The summed E-state index contributed by atoms with van der Waals surface area (Å²) in [5, 5.41) is 9.90. The molecule has 0 aliphatic heterocycles. The van der Waals surface area contributed by atoms with Gasteiger partial charge in [0.1, 0.15) is 0 Å². The second-order valence-electron chi connectivity index (χ2n) is 5.96. The molecule has 1 unspecified atom stereocenters. The number of hydrogen-bond donors (Lipinski definition) is 2. The Kier molecular flexibility index (Phi) is 5.41. The van der Waals surface area contributed by atoms with Gasteiger partial charge < -0.3 is 5.11 Å². The van der Waals surface area contributed by atoms with E-state index in [1.165, 1.54) is 0 Å². The maximum absolute atomic E-state index is 12.4. The molecule has 4 nitrogen and oxygen atoms in total. The molecule has 0 bridgehead atoms. The summed E-state index contributed by atoms with van der Waals surface area (Å²) < 4.78 is 27.4. The predicted molar refractivity (Wildman–Crippen MR) is 83.7 cm³/mol. The van der Waals surface area contributed by atoms with Gasteiger partial charge in [0.2, 0.25) is 10.0 Å². The van der Waals surface area contributed by atoms with Gasteiger partial charge in [-0.25, -0.2) is 13.1 Å². The lowest BCUT2D eigenvalue weighted by atomic mass is 9.93. The molecule has 5 heteroatoms. The van der Waals surface area contributed by atoms with Crippen molar-refractivity contribution in [1.29, 1.82) is 0 Å². The number of hydrogen-bond acceptors (Lipinski definition) is 3. The SMILES string of the molecule is CCC(C)c1ccc(S(=O)(=O)N[C@@H]2CCCC[C@H]2O)cc1. The molecule has 21 heavy (non-hydrogen) atoms. The third-order valence-electron chi connectivity index (χ3n) is 4.41. The number of aliphatic hydroxyl groups is 1. The van der Waals surface area contributed by atoms with Gasteiger partial charge in [-0.15, -0.1) is 0 Å². The topological polar surface area (TPSA) is 66.4 Å². The number of benzene rings is 1. The second-order valence-corrected chi connectivity index (χ2v) is 7.67. The molecule has 0 radical (unpaired) electrons. The Bertz CT molecular complexity index is 553. The molecule has 1 saturated carbocycles. The summed E-state index contributed by atoms with van der Waals surface area (Å²) in [5.74, 6) is 0.426. The highest BCUT2D eigenvalue weighted by Crippen LogP contribution is 2.23. The van der Waals surface area contributed by atoms with E-state index in [0.717, 1.165) is 24.8 Å². The molecule has 1 aliphatic carbocycles. The quantitative estimate of drug-likeness (QED) is 0.878. The minimum Gasteiger partial charge on any atom is -0.391 e. The molecule has 0 aromatic heterocycles. The molecule has 1 aliphatic rings. The molecule has 2 rings (SSSR count). The predicted octanol–water partition coefficient (Wildman–Crippen LogP) is 2.78. The Labute approximate surface area is 127 Å². The number of nitrogens with one attached hydrogen (secondary N) is 1. The highest BCUT2D eigenvalue weighted by atomic mass is 32.2. The summed E-state index contributed by atoms with van der Waals surface area (Å²) in [4.78, 5) is 0.271. The number of sulfonamides is 1. The Balaban J connectivity index is 2.12. The smallest absolute Gasteiger partial charge is 0.240 e. The van der Waals surface area contributed by atoms with Crippen molar-refractivity contribution < 1.29 is 13.5 Å². The molecule has 0 amide bonds. The van der Waals surface area contributed by atoms with Crippen molar-refractivity contribution >= 4 is 10.0 Å². The average Bonchev–Trinajstić information content (AvgIpc) is 2.49. The van der Waals surface area contributed by atoms with E-state index in [1.807, 2.05) is 12.1 Å². The fourth-order valence-corrected chi connectivity index (χ4v) is 4.03. The van der Waals surface area contributed by atoms with Crippen LogP contribution in [0.2, 0.25) is 0 Å². The molecule has 2 N–H and O–H groups in total. The molecule has 118 valence electrons. The maximum atomic E-state index is 12.4. The Morgan fingerprint density at radius 3 is 2.43 bits per heavy atom. The lowest BCUT2D eigenvalue weighted by molar-refractivity contribution is 0.101. The molecule has 0 saturated heterocycles. The van der Waals surface area contributed by atoms with Crippen LogP contribution >= 0.6 is 0 Å². The maximum Gasteiger partial charge on any atom is 0.240 e.